The average Bonchev–Trinajstić information content (AvgIpc) is 3.14. The number of amides is 1. The van der Waals surface area contributed by atoms with Gasteiger partial charge >= 0.3 is 5.97 Å². The highest BCUT2D eigenvalue weighted by atomic mass is 16.5. The fraction of sp³-hybridized carbons (Fsp3) is 0.355. The lowest BCUT2D eigenvalue weighted by Gasteiger charge is -2.46. The van der Waals surface area contributed by atoms with E-state index in [-0.39, 0.29) is 29.8 Å². The SMILES string of the molecule is CCOC(=O)c1ccc(C2C(C)C(c3ccccc3C)CC3C(=O)N(Cc4ccccc4)C(O)N32)cc1. The van der Waals surface area contributed by atoms with Gasteiger partial charge in [-0.2, -0.15) is 0 Å². The van der Waals surface area contributed by atoms with Gasteiger partial charge in [0.05, 0.1) is 18.2 Å². The van der Waals surface area contributed by atoms with Crippen LogP contribution < -0.4 is 0 Å². The molecule has 2 saturated heterocycles. The predicted octanol–water partition coefficient (Wildman–Crippen LogP) is 5.03. The van der Waals surface area contributed by atoms with E-state index in [1.54, 1.807) is 24.0 Å². The summed E-state index contributed by atoms with van der Waals surface area (Å²) in [5.41, 5.74) is 4.89. The minimum absolute atomic E-state index is 0.0463. The minimum atomic E-state index is -1.03. The van der Waals surface area contributed by atoms with Crippen molar-refractivity contribution in [2.45, 2.75) is 58.1 Å². The molecule has 0 radical (unpaired) electrons. The summed E-state index contributed by atoms with van der Waals surface area (Å²) in [7, 11) is 0. The fourth-order valence-electron chi connectivity index (χ4n) is 6.12. The highest BCUT2D eigenvalue weighted by Crippen LogP contribution is 2.50. The van der Waals surface area contributed by atoms with Crippen molar-refractivity contribution in [1.29, 1.82) is 0 Å². The maximum absolute atomic E-state index is 13.8. The van der Waals surface area contributed by atoms with Crippen LogP contribution in [0.3, 0.4) is 0 Å². The quantitative estimate of drug-likeness (QED) is 0.483. The average molecular weight is 499 g/mol. The summed E-state index contributed by atoms with van der Waals surface area (Å²) >= 11 is 0. The largest absolute Gasteiger partial charge is 0.462 e. The van der Waals surface area contributed by atoms with Gasteiger partial charge in [-0.15, -0.1) is 0 Å². The predicted molar refractivity (Wildman–Crippen MR) is 141 cm³/mol. The third-order valence-corrected chi connectivity index (χ3v) is 7.95. The lowest BCUT2D eigenvalue weighted by molar-refractivity contribution is -0.137. The molecule has 1 amide bonds. The molecule has 5 rings (SSSR count). The molecule has 0 aromatic heterocycles. The highest BCUT2D eigenvalue weighted by Gasteiger charge is 2.54. The molecule has 192 valence electrons. The summed E-state index contributed by atoms with van der Waals surface area (Å²) in [5.74, 6) is -0.142. The Hall–Kier alpha value is -3.48. The first-order valence-electron chi connectivity index (χ1n) is 13.0. The Morgan fingerprint density at radius 3 is 2.35 bits per heavy atom. The molecule has 6 heteroatoms. The molecular weight excluding hydrogens is 464 g/mol. The van der Waals surface area contributed by atoms with Gasteiger partial charge in [-0.3, -0.25) is 9.69 Å². The second-order valence-corrected chi connectivity index (χ2v) is 10.1. The van der Waals surface area contributed by atoms with Gasteiger partial charge in [-0.1, -0.05) is 73.7 Å². The molecule has 2 aliphatic rings. The van der Waals surface area contributed by atoms with Crippen LogP contribution in [0.5, 0.6) is 0 Å². The smallest absolute Gasteiger partial charge is 0.338 e. The van der Waals surface area contributed by atoms with Gasteiger partial charge in [0.25, 0.3) is 0 Å². The van der Waals surface area contributed by atoms with E-state index in [4.69, 9.17) is 4.74 Å². The highest BCUT2D eigenvalue weighted by molar-refractivity contribution is 5.89. The number of carbonyl (C=O) groups is 2. The number of carbonyl (C=O) groups excluding carboxylic acids is 2. The molecule has 0 bridgehead atoms. The Labute approximate surface area is 218 Å². The Morgan fingerprint density at radius 2 is 1.68 bits per heavy atom. The summed E-state index contributed by atoms with van der Waals surface area (Å²) in [4.78, 5) is 29.6. The number of ether oxygens (including phenoxy) is 1. The maximum atomic E-state index is 13.8. The number of esters is 1. The normalized spacial score (nSPS) is 25.7. The van der Waals surface area contributed by atoms with E-state index < -0.39 is 12.4 Å². The Kier molecular flexibility index (Phi) is 7.13. The number of fused-ring (bicyclic) bond motifs is 1. The van der Waals surface area contributed by atoms with Crippen LogP contribution in [0.2, 0.25) is 0 Å². The number of aryl methyl sites for hydroxylation is 1. The van der Waals surface area contributed by atoms with Gasteiger partial charge in [0.2, 0.25) is 5.91 Å². The van der Waals surface area contributed by atoms with Gasteiger partial charge in [-0.05, 0) is 66.5 Å². The van der Waals surface area contributed by atoms with Gasteiger partial charge in [-0.25, -0.2) is 9.69 Å². The first-order valence-corrected chi connectivity index (χ1v) is 13.0. The van der Waals surface area contributed by atoms with E-state index in [9.17, 15) is 14.7 Å². The fourth-order valence-corrected chi connectivity index (χ4v) is 6.12. The molecule has 2 aliphatic heterocycles. The standard InChI is InChI=1S/C31H34N2O4/c1-4-37-30(35)24-16-14-23(15-17-24)28-21(3)26(25-13-9-8-10-20(25)2)18-27-29(34)32(31(36)33(27)28)19-22-11-6-5-7-12-22/h5-17,21,26-28,31,36H,4,18-19H2,1-3H3. The van der Waals surface area contributed by atoms with Gasteiger partial charge in [0, 0.05) is 12.6 Å². The first kappa shape index (κ1) is 25.2. The molecule has 1 N–H and O–H groups in total. The summed E-state index contributed by atoms with van der Waals surface area (Å²) in [6.07, 6.45) is -0.391. The summed E-state index contributed by atoms with van der Waals surface area (Å²) in [6.45, 7) is 6.78. The second-order valence-electron chi connectivity index (χ2n) is 10.1. The van der Waals surface area contributed by atoms with E-state index in [1.807, 2.05) is 53.4 Å². The third-order valence-electron chi connectivity index (χ3n) is 7.95. The van der Waals surface area contributed by atoms with E-state index >= 15 is 0 Å². The molecule has 5 atom stereocenters. The Morgan fingerprint density at radius 1 is 1.00 bits per heavy atom. The van der Waals surface area contributed by atoms with Crippen LogP contribution in [-0.2, 0) is 16.1 Å². The van der Waals surface area contributed by atoms with E-state index in [0.717, 1.165) is 11.1 Å². The number of rotatable bonds is 6. The molecule has 5 unspecified atom stereocenters. The van der Waals surface area contributed by atoms with Crippen LogP contribution in [0.25, 0.3) is 0 Å². The molecule has 2 heterocycles. The number of hydrogen-bond donors (Lipinski definition) is 1. The number of nitrogens with zero attached hydrogens (tertiary/aromatic N) is 2. The van der Waals surface area contributed by atoms with Crippen molar-refractivity contribution in [3.8, 4) is 0 Å². The van der Waals surface area contributed by atoms with Crippen molar-refractivity contribution in [1.82, 2.24) is 9.80 Å². The van der Waals surface area contributed by atoms with Crippen molar-refractivity contribution in [3.05, 3.63) is 107 Å². The van der Waals surface area contributed by atoms with Gasteiger partial charge in [0.1, 0.15) is 0 Å². The molecule has 2 fully saturated rings. The van der Waals surface area contributed by atoms with E-state index in [2.05, 4.69) is 32.0 Å². The Balaban J connectivity index is 1.54. The topological polar surface area (TPSA) is 70.1 Å². The van der Waals surface area contributed by atoms with Crippen LogP contribution in [0.1, 0.15) is 64.8 Å². The number of piperidine rings is 1. The minimum Gasteiger partial charge on any atom is -0.462 e. The zero-order chi connectivity index (χ0) is 26.1. The number of hydrogen-bond acceptors (Lipinski definition) is 5. The lowest BCUT2D eigenvalue weighted by atomic mass is 9.71. The molecule has 0 spiro atoms. The summed E-state index contributed by atoms with van der Waals surface area (Å²) in [6, 6.07) is 24.9. The van der Waals surface area contributed by atoms with Gasteiger partial charge < -0.3 is 9.84 Å². The van der Waals surface area contributed by atoms with Crippen molar-refractivity contribution >= 4 is 11.9 Å². The molecule has 0 saturated carbocycles. The summed E-state index contributed by atoms with van der Waals surface area (Å²) in [5, 5.41) is 11.5. The summed E-state index contributed by atoms with van der Waals surface area (Å²) < 4.78 is 5.15. The molecule has 37 heavy (non-hydrogen) atoms. The van der Waals surface area contributed by atoms with Crippen LogP contribution in [0, 0.1) is 12.8 Å². The van der Waals surface area contributed by atoms with Crippen LogP contribution in [0.15, 0.2) is 78.9 Å². The lowest BCUT2D eigenvalue weighted by Crippen LogP contribution is -2.50. The maximum Gasteiger partial charge on any atom is 0.338 e. The van der Waals surface area contributed by atoms with Crippen LogP contribution in [-0.4, -0.2) is 45.8 Å². The molecule has 3 aromatic rings. The third kappa shape index (κ3) is 4.67. The molecule has 6 nitrogen and oxygen atoms in total. The first-order chi connectivity index (χ1) is 17.9. The van der Waals surface area contributed by atoms with Crippen molar-refractivity contribution in [2.75, 3.05) is 6.61 Å². The monoisotopic (exact) mass is 498 g/mol. The van der Waals surface area contributed by atoms with Crippen molar-refractivity contribution in [3.63, 3.8) is 0 Å². The molecule has 3 aromatic carbocycles. The zero-order valence-electron chi connectivity index (χ0n) is 21.6. The molecular formula is C31H34N2O4. The molecule has 0 aliphatic carbocycles. The van der Waals surface area contributed by atoms with Crippen molar-refractivity contribution < 1.29 is 19.4 Å². The van der Waals surface area contributed by atoms with Crippen molar-refractivity contribution in [2.24, 2.45) is 5.92 Å². The number of benzene rings is 3. The van der Waals surface area contributed by atoms with E-state index in [1.165, 1.54) is 11.1 Å². The van der Waals surface area contributed by atoms with Gasteiger partial charge in [0.15, 0.2) is 6.35 Å². The zero-order valence-corrected chi connectivity index (χ0v) is 21.6. The Bertz CT molecular complexity index is 1260. The number of aliphatic hydroxyl groups excluding tert-OH is 1. The second kappa shape index (κ2) is 10.5. The van der Waals surface area contributed by atoms with Crippen LogP contribution >= 0.6 is 0 Å². The van der Waals surface area contributed by atoms with E-state index in [0.29, 0.717) is 25.1 Å². The van der Waals surface area contributed by atoms with Crippen LogP contribution in [0.4, 0.5) is 0 Å². The number of aliphatic hydroxyl groups is 1.